The molecule has 1 aliphatic heterocycles. The third-order valence-electron chi connectivity index (χ3n) is 4.19. The van der Waals surface area contributed by atoms with Crippen LogP contribution >= 0.6 is 0 Å². The number of nitrogens with zero attached hydrogens (tertiary/aromatic N) is 1. The van der Waals surface area contributed by atoms with Crippen LogP contribution in [0.15, 0.2) is 58.3 Å². The highest BCUT2D eigenvalue weighted by Crippen LogP contribution is 2.23. The Labute approximate surface area is 152 Å². The first kappa shape index (κ1) is 18.6. The standard InChI is InChI=1S/C17H18N2O5S2/c1-13-6-2-3-9-16(13)17(20)18-25(21,22)14-7-4-8-15(12-14)26(23,24)19-10-5-11-19/h2-4,6-9,12H,5,10-11H2,1H3,(H,18,20). The van der Waals surface area contributed by atoms with E-state index in [4.69, 9.17) is 0 Å². The van der Waals surface area contributed by atoms with E-state index in [0.717, 1.165) is 12.5 Å². The fraction of sp³-hybridized carbons (Fsp3) is 0.235. The maximum atomic E-state index is 12.5. The average Bonchev–Trinajstić information content (AvgIpc) is 2.53. The monoisotopic (exact) mass is 394 g/mol. The second-order valence-corrected chi connectivity index (χ2v) is 9.60. The normalized spacial score (nSPS) is 15.3. The zero-order chi connectivity index (χ0) is 18.9. The Kier molecular flexibility index (Phi) is 4.87. The van der Waals surface area contributed by atoms with Crippen LogP contribution in [0.3, 0.4) is 0 Å². The van der Waals surface area contributed by atoms with Crippen LogP contribution < -0.4 is 4.72 Å². The molecule has 0 aliphatic carbocycles. The highest BCUT2D eigenvalue weighted by atomic mass is 32.2. The number of sulfonamides is 2. The third kappa shape index (κ3) is 3.50. The highest BCUT2D eigenvalue weighted by Gasteiger charge is 2.30. The van der Waals surface area contributed by atoms with Gasteiger partial charge in [0.1, 0.15) is 0 Å². The maximum absolute atomic E-state index is 12.5. The summed E-state index contributed by atoms with van der Waals surface area (Å²) in [5, 5.41) is 0. The molecule has 138 valence electrons. The van der Waals surface area contributed by atoms with Gasteiger partial charge in [-0.3, -0.25) is 4.79 Å². The van der Waals surface area contributed by atoms with Crippen molar-refractivity contribution in [2.75, 3.05) is 13.1 Å². The number of aryl methyl sites for hydroxylation is 1. The van der Waals surface area contributed by atoms with Crippen molar-refractivity contribution in [2.24, 2.45) is 0 Å². The lowest BCUT2D eigenvalue weighted by atomic mass is 10.1. The van der Waals surface area contributed by atoms with Crippen molar-refractivity contribution >= 4 is 26.0 Å². The lowest BCUT2D eigenvalue weighted by Crippen LogP contribution is -2.42. The summed E-state index contributed by atoms with van der Waals surface area (Å²) in [6.45, 7) is 2.54. The zero-order valence-corrected chi connectivity index (χ0v) is 15.7. The predicted molar refractivity (Wildman–Crippen MR) is 95.6 cm³/mol. The van der Waals surface area contributed by atoms with Crippen LogP contribution in [0.5, 0.6) is 0 Å². The molecule has 26 heavy (non-hydrogen) atoms. The minimum Gasteiger partial charge on any atom is -0.268 e. The summed E-state index contributed by atoms with van der Waals surface area (Å²) in [6, 6.07) is 11.6. The molecule has 0 unspecified atom stereocenters. The minimum absolute atomic E-state index is 0.108. The molecule has 1 fully saturated rings. The summed E-state index contributed by atoms with van der Waals surface area (Å²) in [6.07, 6.45) is 0.781. The van der Waals surface area contributed by atoms with E-state index in [1.807, 2.05) is 4.72 Å². The number of nitrogens with one attached hydrogen (secondary N) is 1. The molecule has 9 heteroatoms. The SMILES string of the molecule is Cc1ccccc1C(=O)NS(=O)(=O)c1cccc(S(=O)(=O)N2CCC2)c1. The van der Waals surface area contributed by atoms with Gasteiger partial charge in [-0.25, -0.2) is 21.6 Å². The molecule has 1 amide bonds. The first-order valence-electron chi connectivity index (χ1n) is 7.95. The van der Waals surface area contributed by atoms with Gasteiger partial charge in [0.25, 0.3) is 15.9 Å². The summed E-state index contributed by atoms with van der Waals surface area (Å²) >= 11 is 0. The Balaban J connectivity index is 1.89. The van der Waals surface area contributed by atoms with Gasteiger partial charge >= 0.3 is 0 Å². The maximum Gasteiger partial charge on any atom is 0.265 e. The van der Waals surface area contributed by atoms with Crippen LogP contribution in [0.25, 0.3) is 0 Å². The number of hydrogen-bond acceptors (Lipinski definition) is 5. The number of amides is 1. The second kappa shape index (κ2) is 6.82. The fourth-order valence-electron chi connectivity index (χ4n) is 2.54. The van der Waals surface area contributed by atoms with Gasteiger partial charge in [-0.1, -0.05) is 24.3 Å². The van der Waals surface area contributed by atoms with E-state index in [-0.39, 0.29) is 15.4 Å². The van der Waals surface area contributed by atoms with E-state index in [1.165, 1.54) is 28.6 Å². The van der Waals surface area contributed by atoms with Gasteiger partial charge in [-0.05, 0) is 43.2 Å². The molecule has 3 rings (SSSR count). The number of benzene rings is 2. The van der Waals surface area contributed by atoms with Crippen molar-refractivity contribution in [3.63, 3.8) is 0 Å². The molecule has 2 aromatic carbocycles. The largest absolute Gasteiger partial charge is 0.268 e. The van der Waals surface area contributed by atoms with Gasteiger partial charge in [0.2, 0.25) is 10.0 Å². The molecule has 7 nitrogen and oxygen atoms in total. The Hall–Kier alpha value is -2.23. The van der Waals surface area contributed by atoms with Crippen LogP contribution in [-0.4, -0.2) is 40.1 Å². The molecule has 1 aliphatic rings. The van der Waals surface area contributed by atoms with Crippen LogP contribution in [0, 0.1) is 6.92 Å². The van der Waals surface area contributed by atoms with E-state index in [1.54, 1.807) is 25.1 Å². The van der Waals surface area contributed by atoms with E-state index in [0.29, 0.717) is 18.7 Å². The molecule has 2 aromatic rings. The lowest BCUT2D eigenvalue weighted by Gasteiger charge is -2.29. The molecule has 0 aromatic heterocycles. The van der Waals surface area contributed by atoms with E-state index in [9.17, 15) is 21.6 Å². The van der Waals surface area contributed by atoms with Crippen molar-refractivity contribution in [2.45, 2.75) is 23.1 Å². The Morgan fingerprint density at radius 1 is 0.962 bits per heavy atom. The van der Waals surface area contributed by atoms with E-state index >= 15 is 0 Å². The van der Waals surface area contributed by atoms with Crippen LogP contribution in [0.4, 0.5) is 0 Å². The predicted octanol–water partition coefficient (Wildman–Crippen LogP) is 1.51. The van der Waals surface area contributed by atoms with Gasteiger partial charge in [0, 0.05) is 18.7 Å². The van der Waals surface area contributed by atoms with Gasteiger partial charge in [0.15, 0.2) is 0 Å². The second-order valence-electron chi connectivity index (χ2n) is 5.98. The quantitative estimate of drug-likeness (QED) is 0.828. The zero-order valence-electron chi connectivity index (χ0n) is 14.0. The average molecular weight is 394 g/mol. The number of carbonyl (C=O) groups excluding carboxylic acids is 1. The molecule has 0 radical (unpaired) electrons. The van der Waals surface area contributed by atoms with Gasteiger partial charge in [-0.15, -0.1) is 0 Å². The summed E-state index contributed by atoms with van der Waals surface area (Å²) in [5.74, 6) is -0.765. The van der Waals surface area contributed by atoms with Crippen molar-refractivity contribution in [1.29, 1.82) is 0 Å². The number of hydrogen-bond donors (Lipinski definition) is 1. The summed E-state index contributed by atoms with van der Waals surface area (Å²) in [5.41, 5.74) is 0.870. The molecule has 1 heterocycles. The van der Waals surface area contributed by atoms with Gasteiger partial charge in [0.05, 0.1) is 9.79 Å². The van der Waals surface area contributed by atoms with Crippen molar-refractivity contribution < 1.29 is 21.6 Å². The Morgan fingerprint density at radius 2 is 1.62 bits per heavy atom. The number of carbonyl (C=O) groups is 1. The van der Waals surface area contributed by atoms with Crippen molar-refractivity contribution in [3.8, 4) is 0 Å². The molecular formula is C17H18N2O5S2. The van der Waals surface area contributed by atoms with Crippen LogP contribution in [0.2, 0.25) is 0 Å². The molecule has 1 saturated heterocycles. The lowest BCUT2D eigenvalue weighted by molar-refractivity contribution is 0.0981. The first-order chi connectivity index (χ1) is 12.2. The topological polar surface area (TPSA) is 101 Å². The van der Waals surface area contributed by atoms with Crippen molar-refractivity contribution in [1.82, 2.24) is 9.03 Å². The third-order valence-corrected chi connectivity index (χ3v) is 7.41. The Bertz CT molecular complexity index is 1060. The van der Waals surface area contributed by atoms with Crippen LogP contribution in [-0.2, 0) is 20.0 Å². The molecule has 0 atom stereocenters. The van der Waals surface area contributed by atoms with Crippen molar-refractivity contribution in [3.05, 3.63) is 59.7 Å². The van der Waals surface area contributed by atoms with E-state index in [2.05, 4.69) is 0 Å². The van der Waals surface area contributed by atoms with Crippen LogP contribution in [0.1, 0.15) is 22.3 Å². The molecule has 1 N–H and O–H groups in total. The molecular weight excluding hydrogens is 376 g/mol. The molecule has 0 saturated carbocycles. The van der Waals surface area contributed by atoms with E-state index < -0.39 is 26.0 Å². The Morgan fingerprint density at radius 3 is 2.23 bits per heavy atom. The fourth-order valence-corrected chi connectivity index (χ4v) is 5.19. The van der Waals surface area contributed by atoms with Gasteiger partial charge < -0.3 is 0 Å². The summed E-state index contributed by atoms with van der Waals surface area (Å²) in [7, 11) is -7.92. The molecule has 0 bridgehead atoms. The summed E-state index contributed by atoms with van der Waals surface area (Å²) < 4.78 is 53.2. The first-order valence-corrected chi connectivity index (χ1v) is 10.9. The number of rotatable bonds is 5. The summed E-state index contributed by atoms with van der Waals surface area (Å²) in [4.78, 5) is 11.9. The highest BCUT2D eigenvalue weighted by molar-refractivity contribution is 7.90. The van der Waals surface area contributed by atoms with Gasteiger partial charge in [-0.2, -0.15) is 4.31 Å². The molecule has 0 spiro atoms. The minimum atomic E-state index is -4.20. The smallest absolute Gasteiger partial charge is 0.265 e.